The molecule has 0 aliphatic carbocycles. The van der Waals surface area contributed by atoms with Crippen LogP contribution in [0, 0.1) is 0 Å². The molecule has 0 fully saturated rings. The summed E-state index contributed by atoms with van der Waals surface area (Å²) in [6.07, 6.45) is 2.69. The summed E-state index contributed by atoms with van der Waals surface area (Å²) in [6.45, 7) is 0.933. The van der Waals surface area contributed by atoms with Crippen molar-refractivity contribution < 1.29 is 4.79 Å². The van der Waals surface area contributed by atoms with Gasteiger partial charge in [-0.25, -0.2) is 0 Å². The highest BCUT2D eigenvalue weighted by atomic mass is 35.5. The first-order valence-electron chi connectivity index (χ1n) is 9.01. The average Bonchev–Trinajstić information content (AvgIpc) is 3.11. The zero-order valence-corrected chi connectivity index (χ0v) is 16.7. The Morgan fingerprint density at radius 2 is 1.64 bits per heavy atom. The summed E-state index contributed by atoms with van der Waals surface area (Å²) in [6, 6.07) is 16.8. The minimum absolute atomic E-state index is 0.0652. The highest BCUT2D eigenvalue weighted by molar-refractivity contribution is 6.30. The molecule has 0 aliphatic rings. The molecule has 3 rings (SSSR count). The standard InChI is InChI=1S/C21H21Cl2N3O2/c22-18-5-1-15(2-6-18)13-17(16-3-7-19(23)8-4-16)14-24-20(27)9-11-26-12-10-21(28)25-26/h1-8,10,12,17H,9,11,13-14H2,(H,24,27)(H,25,28)/t17-/m0/s1. The smallest absolute Gasteiger partial charge is 0.264 e. The Hall–Kier alpha value is -2.50. The van der Waals surface area contributed by atoms with Crippen LogP contribution < -0.4 is 10.9 Å². The predicted molar refractivity (Wildman–Crippen MR) is 112 cm³/mol. The zero-order chi connectivity index (χ0) is 19.9. The van der Waals surface area contributed by atoms with E-state index in [1.165, 1.54) is 6.07 Å². The van der Waals surface area contributed by atoms with Gasteiger partial charge in [-0.3, -0.25) is 19.4 Å². The van der Waals surface area contributed by atoms with E-state index >= 15 is 0 Å². The number of nitrogens with zero attached hydrogens (tertiary/aromatic N) is 1. The number of nitrogens with one attached hydrogen (secondary N) is 2. The van der Waals surface area contributed by atoms with Gasteiger partial charge in [-0.2, -0.15) is 0 Å². The lowest BCUT2D eigenvalue weighted by molar-refractivity contribution is -0.121. The van der Waals surface area contributed by atoms with Gasteiger partial charge in [0.2, 0.25) is 5.91 Å². The highest BCUT2D eigenvalue weighted by Crippen LogP contribution is 2.23. The first-order valence-corrected chi connectivity index (χ1v) is 9.77. The molecule has 7 heteroatoms. The highest BCUT2D eigenvalue weighted by Gasteiger charge is 2.14. The monoisotopic (exact) mass is 417 g/mol. The lowest BCUT2D eigenvalue weighted by Crippen LogP contribution is -2.30. The second-order valence-electron chi connectivity index (χ2n) is 6.62. The van der Waals surface area contributed by atoms with Gasteiger partial charge < -0.3 is 5.32 Å². The van der Waals surface area contributed by atoms with Crippen LogP contribution in [0.4, 0.5) is 0 Å². The van der Waals surface area contributed by atoms with Crippen LogP contribution in [0.1, 0.15) is 23.5 Å². The van der Waals surface area contributed by atoms with Gasteiger partial charge in [0.05, 0.1) is 0 Å². The molecule has 0 unspecified atom stereocenters. The van der Waals surface area contributed by atoms with E-state index in [1.54, 1.807) is 10.9 Å². The average molecular weight is 418 g/mol. The van der Waals surface area contributed by atoms with E-state index in [0.717, 1.165) is 17.5 Å². The van der Waals surface area contributed by atoms with Crippen LogP contribution in [0.15, 0.2) is 65.6 Å². The van der Waals surface area contributed by atoms with E-state index in [9.17, 15) is 9.59 Å². The molecular formula is C21H21Cl2N3O2. The zero-order valence-electron chi connectivity index (χ0n) is 15.2. The third kappa shape index (κ3) is 6.01. The minimum atomic E-state index is -0.175. The Labute approximate surface area is 173 Å². The Bertz CT molecular complexity index is 962. The largest absolute Gasteiger partial charge is 0.355 e. The molecule has 0 radical (unpaired) electrons. The molecule has 0 saturated carbocycles. The minimum Gasteiger partial charge on any atom is -0.355 e. The van der Waals surface area contributed by atoms with E-state index in [2.05, 4.69) is 10.4 Å². The summed E-state index contributed by atoms with van der Waals surface area (Å²) in [5.74, 6) is 0.0402. The van der Waals surface area contributed by atoms with Crippen molar-refractivity contribution in [3.8, 4) is 0 Å². The number of aromatic nitrogens is 2. The Morgan fingerprint density at radius 1 is 1.00 bits per heavy atom. The molecule has 0 aliphatic heterocycles. The maximum Gasteiger partial charge on any atom is 0.264 e. The molecule has 0 bridgehead atoms. The molecule has 2 aromatic carbocycles. The first kappa shape index (κ1) is 20.2. The number of rotatable bonds is 8. The summed E-state index contributed by atoms with van der Waals surface area (Å²) >= 11 is 12.0. The predicted octanol–water partition coefficient (Wildman–Crippen LogP) is 4.02. The number of hydrogen-bond acceptors (Lipinski definition) is 2. The van der Waals surface area contributed by atoms with Crippen LogP contribution in [0.25, 0.3) is 0 Å². The molecular weight excluding hydrogens is 397 g/mol. The number of hydrogen-bond donors (Lipinski definition) is 2. The summed E-state index contributed by atoms with van der Waals surface area (Å²) in [7, 11) is 0. The molecule has 1 amide bonds. The summed E-state index contributed by atoms with van der Waals surface area (Å²) in [4.78, 5) is 23.4. The maximum absolute atomic E-state index is 12.3. The van der Waals surface area contributed by atoms with Crippen molar-refractivity contribution in [3.63, 3.8) is 0 Å². The van der Waals surface area contributed by atoms with E-state index in [-0.39, 0.29) is 17.4 Å². The third-order valence-corrected chi connectivity index (χ3v) is 5.03. The number of benzene rings is 2. The van der Waals surface area contributed by atoms with Gasteiger partial charge in [-0.15, -0.1) is 0 Å². The number of carbonyl (C=O) groups excluding carboxylic acids is 1. The fourth-order valence-corrected chi connectivity index (χ4v) is 3.25. The van der Waals surface area contributed by atoms with Crippen molar-refractivity contribution >= 4 is 29.1 Å². The Balaban J connectivity index is 1.62. The van der Waals surface area contributed by atoms with Gasteiger partial charge in [0.25, 0.3) is 5.56 Å². The summed E-state index contributed by atoms with van der Waals surface area (Å²) < 4.78 is 1.60. The van der Waals surface area contributed by atoms with Gasteiger partial charge in [0, 0.05) is 47.7 Å². The number of aryl methyl sites for hydroxylation is 1. The Morgan fingerprint density at radius 3 is 2.25 bits per heavy atom. The van der Waals surface area contributed by atoms with Crippen LogP contribution >= 0.6 is 23.2 Å². The van der Waals surface area contributed by atoms with Crippen molar-refractivity contribution in [2.75, 3.05) is 6.54 Å². The molecule has 1 atom stereocenters. The van der Waals surface area contributed by atoms with Crippen LogP contribution in [0.2, 0.25) is 10.0 Å². The number of aromatic amines is 1. The quantitative estimate of drug-likeness (QED) is 0.581. The Kier molecular flexibility index (Phi) is 6.95. The van der Waals surface area contributed by atoms with E-state index in [0.29, 0.717) is 29.6 Å². The van der Waals surface area contributed by atoms with Crippen molar-refractivity contribution in [2.45, 2.75) is 25.3 Å². The van der Waals surface area contributed by atoms with Crippen molar-refractivity contribution in [3.05, 3.63) is 92.3 Å². The molecule has 1 heterocycles. The lowest BCUT2D eigenvalue weighted by atomic mass is 9.92. The van der Waals surface area contributed by atoms with Crippen molar-refractivity contribution in [2.24, 2.45) is 0 Å². The summed E-state index contributed by atoms with van der Waals surface area (Å²) in [5, 5.41) is 7.00. The second kappa shape index (κ2) is 9.62. The van der Waals surface area contributed by atoms with E-state index < -0.39 is 0 Å². The van der Waals surface area contributed by atoms with E-state index in [4.69, 9.17) is 23.2 Å². The van der Waals surface area contributed by atoms with Crippen LogP contribution in [-0.4, -0.2) is 22.2 Å². The molecule has 1 aromatic heterocycles. The second-order valence-corrected chi connectivity index (χ2v) is 7.49. The molecule has 5 nitrogen and oxygen atoms in total. The maximum atomic E-state index is 12.3. The van der Waals surface area contributed by atoms with Crippen molar-refractivity contribution in [1.29, 1.82) is 0 Å². The third-order valence-electron chi connectivity index (χ3n) is 4.52. The van der Waals surface area contributed by atoms with E-state index in [1.807, 2.05) is 48.5 Å². The number of carbonyl (C=O) groups is 1. The lowest BCUT2D eigenvalue weighted by Gasteiger charge is -2.19. The number of halogens is 2. The summed E-state index contributed by atoms with van der Waals surface area (Å²) in [5.41, 5.74) is 2.07. The molecule has 28 heavy (non-hydrogen) atoms. The molecule has 0 saturated heterocycles. The molecule has 2 N–H and O–H groups in total. The van der Waals surface area contributed by atoms with Gasteiger partial charge in [0.1, 0.15) is 0 Å². The molecule has 0 spiro atoms. The normalized spacial score (nSPS) is 11.9. The van der Waals surface area contributed by atoms with Crippen LogP contribution in [0.5, 0.6) is 0 Å². The SMILES string of the molecule is O=C(CCn1ccc(=O)[nH]1)NC[C@H](Cc1ccc(Cl)cc1)c1ccc(Cl)cc1. The molecule has 3 aromatic rings. The van der Waals surface area contributed by atoms with Gasteiger partial charge in [0.15, 0.2) is 0 Å². The molecule has 146 valence electrons. The van der Waals surface area contributed by atoms with Gasteiger partial charge in [-0.05, 0) is 41.8 Å². The topological polar surface area (TPSA) is 66.9 Å². The fraction of sp³-hybridized carbons (Fsp3) is 0.238. The fourth-order valence-electron chi connectivity index (χ4n) is 3.00. The van der Waals surface area contributed by atoms with Crippen LogP contribution in [0.3, 0.4) is 0 Å². The first-order chi connectivity index (χ1) is 13.5. The van der Waals surface area contributed by atoms with Gasteiger partial charge in [-0.1, -0.05) is 47.5 Å². The number of H-pyrrole nitrogens is 1. The van der Waals surface area contributed by atoms with Gasteiger partial charge >= 0.3 is 0 Å². The number of amides is 1. The van der Waals surface area contributed by atoms with Crippen molar-refractivity contribution in [1.82, 2.24) is 15.1 Å². The van der Waals surface area contributed by atoms with Crippen LogP contribution in [-0.2, 0) is 17.8 Å².